The number of hydrogen-bond donors (Lipinski definition) is 3. The van der Waals surface area contributed by atoms with Crippen LogP contribution in [-0.2, 0) is 4.74 Å². The van der Waals surface area contributed by atoms with Crippen LogP contribution < -0.4 is 16.2 Å². The van der Waals surface area contributed by atoms with E-state index in [1.54, 1.807) is 30.3 Å². The fourth-order valence-corrected chi connectivity index (χ4v) is 1.66. The van der Waals surface area contributed by atoms with Crippen LogP contribution in [0.3, 0.4) is 0 Å². The van der Waals surface area contributed by atoms with Gasteiger partial charge in [-0.2, -0.15) is 15.8 Å². The summed E-state index contributed by atoms with van der Waals surface area (Å²) in [5, 5.41) is 29.4. The highest BCUT2D eigenvalue weighted by Crippen LogP contribution is 2.18. The number of nitrogens with zero attached hydrogens (tertiary/aromatic N) is 3. The van der Waals surface area contributed by atoms with Crippen molar-refractivity contribution >= 4 is 17.7 Å². The number of allylic oxidation sites excluding steroid dienone is 2. The van der Waals surface area contributed by atoms with Gasteiger partial charge in [0, 0.05) is 0 Å². The minimum absolute atomic E-state index is 0.0830. The molecule has 0 saturated heterocycles. The van der Waals surface area contributed by atoms with E-state index < -0.39 is 17.6 Å². The zero-order valence-corrected chi connectivity index (χ0v) is 14.2. The van der Waals surface area contributed by atoms with Gasteiger partial charge in [0.2, 0.25) is 0 Å². The average Bonchev–Trinajstić information content (AvgIpc) is 2.64. The van der Waals surface area contributed by atoms with Crippen molar-refractivity contribution in [1.29, 1.82) is 15.8 Å². The lowest BCUT2D eigenvalue weighted by atomic mass is 10.1. The number of ether oxygens (including phenoxy) is 1. The van der Waals surface area contributed by atoms with E-state index >= 15 is 0 Å². The Morgan fingerprint density at radius 1 is 1.08 bits per heavy atom. The summed E-state index contributed by atoms with van der Waals surface area (Å²) in [5.41, 5.74) is 3.84. The molecule has 0 radical (unpaired) electrons. The van der Waals surface area contributed by atoms with Crippen LogP contribution >= 0.6 is 0 Å². The van der Waals surface area contributed by atoms with E-state index in [2.05, 4.69) is 16.2 Å². The van der Waals surface area contributed by atoms with E-state index in [4.69, 9.17) is 20.5 Å². The third-order valence-electron chi connectivity index (χ3n) is 2.84. The highest BCUT2D eigenvalue weighted by molar-refractivity contribution is 6.00. The first-order valence-corrected chi connectivity index (χ1v) is 7.46. The molecule has 0 bridgehead atoms. The summed E-state index contributed by atoms with van der Waals surface area (Å²) in [6, 6.07) is 11.0. The summed E-state index contributed by atoms with van der Waals surface area (Å²) < 4.78 is 4.86. The van der Waals surface area contributed by atoms with E-state index in [1.807, 2.05) is 13.8 Å². The lowest BCUT2D eigenvalue weighted by molar-refractivity contribution is 0.0902. The van der Waals surface area contributed by atoms with E-state index in [-0.39, 0.29) is 29.5 Å². The maximum Gasteiger partial charge on any atom is 0.426 e. The maximum absolute atomic E-state index is 12.2. The Bertz CT molecular complexity index is 823. The topological polar surface area (TPSA) is 151 Å². The summed E-state index contributed by atoms with van der Waals surface area (Å²) >= 11 is 0. The molecule has 0 aliphatic carbocycles. The van der Waals surface area contributed by atoms with Crippen LogP contribution in [0.25, 0.3) is 0 Å². The number of hydrogen-bond acceptors (Lipinski definition) is 7. The molecule has 2 amide bonds. The first kappa shape index (κ1) is 20.0. The van der Waals surface area contributed by atoms with Crippen molar-refractivity contribution < 1.29 is 14.3 Å². The van der Waals surface area contributed by atoms with E-state index in [0.717, 1.165) is 0 Å². The number of rotatable bonds is 5. The molecule has 0 saturated carbocycles. The van der Waals surface area contributed by atoms with Crippen LogP contribution in [0.5, 0.6) is 0 Å². The van der Waals surface area contributed by atoms with Gasteiger partial charge in [-0.15, -0.1) is 0 Å². The van der Waals surface area contributed by atoms with Gasteiger partial charge in [0.25, 0.3) is 5.91 Å². The Labute approximate surface area is 150 Å². The van der Waals surface area contributed by atoms with Gasteiger partial charge in [-0.1, -0.05) is 26.0 Å². The largest absolute Gasteiger partial charge is 0.448 e. The van der Waals surface area contributed by atoms with Crippen LogP contribution in [0.2, 0.25) is 0 Å². The Kier molecular flexibility index (Phi) is 7.67. The van der Waals surface area contributed by atoms with Gasteiger partial charge in [-0.05, 0) is 18.1 Å². The quantitative estimate of drug-likeness (QED) is 0.541. The third-order valence-corrected chi connectivity index (χ3v) is 2.84. The molecule has 132 valence electrons. The fraction of sp³-hybridized carbons (Fsp3) is 0.235. The van der Waals surface area contributed by atoms with Crippen LogP contribution in [0, 0.1) is 39.9 Å². The fourth-order valence-electron chi connectivity index (χ4n) is 1.66. The monoisotopic (exact) mass is 352 g/mol. The summed E-state index contributed by atoms with van der Waals surface area (Å²) in [5.74, 6) is -0.533. The minimum Gasteiger partial charge on any atom is -0.448 e. The normalized spacial score (nSPS) is 9.08. The van der Waals surface area contributed by atoms with Crippen molar-refractivity contribution in [3.63, 3.8) is 0 Å². The third kappa shape index (κ3) is 5.88. The second-order valence-electron chi connectivity index (χ2n) is 5.33. The number of amides is 2. The molecular weight excluding hydrogens is 336 g/mol. The van der Waals surface area contributed by atoms with Gasteiger partial charge in [-0.25, -0.2) is 10.2 Å². The number of benzene rings is 1. The van der Waals surface area contributed by atoms with Gasteiger partial charge < -0.3 is 10.1 Å². The predicted molar refractivity (Wildman–Crippen MR) is 90.7 cm³/mol. The molecule has 1 rings (SSSR count). The molecule has 0 fully saturated rings. The van der Waals surface area contributed by atoms with Crippen LogP contribution in [0.4, 0.5) is 10.5 Å². The Balaban J connectivity index is 2.90. The number of anilines is 1. The van der Waals surface area contributed by atoms with Gasteiger partial charge in [0.05, 0.1) is 17.9 Å². The van der Waals surface area contributed by atoms with Crippen molar-refractivity contribution in [1.82, 2.24) is 10.9 Å². The minimum atomic E-state index is -0.814. The molecule has 0 atom stereocenters. The highest BCUT2D eigenvalue weighted by Gasteiger charge is 2.15. The van der Waals surface area contributed by atoms with Crippen LogP contribution in [0.1, 0.15) is 24.2 Å². The van der Waals surface area contributed by atoms with Crippen LogP contribution in [-0.4, -0.2) is 18.6 Å². The molecule has 0 unspecified atom stereocenters. The second kappa shape index (κ2) is 9.96. The summed E-state index contributed by atoms with van der Waals surface area (Å²) in [6.45, 7) is 3.93. The molecule has 0 aliphatic rings. The Hall–Kier alpha value is -4.03. The number of carbonyl (C=O) groups excluding carboxylic acids is 2. The highest BCUT2D eigenvalue weighted by atomic mass is 16.6. The first-order valence-electron chi connectivity index (χ1n) is 7.46. The average molecular weight is 352 g/mol. The molecule has 1 aromatic rings. The zero-order valence-electron chi connectivity index (χ0n) is 14.2. The van der Waals surface area contributed by atoms with E-state index in [1.165, 1.54) is 12.1 Å². The lowest BCUT2D eigenvalue weighted by Crippen LogP contribution is -2.42. The number of hydrazine groups is 1. The number of nitriles is 3. The Morgan fingerprint density at radius 3 is 2.31 bits per heavy atom. The SMILES string of the molecule is CC(C)COC(=O)NNC(=O)c1ccccc1NC(C#N)=C(C#N)C#N. The molecule has 0 spiro atoms. The summed E-state index contributed by atoms with van der Waals surface area (Å²) in [7, 11) is 0. The molecular formula is C17H16N6O3. The standard InChI is InChI=1S/C17H16N6O3/c1-11(2)10-26-17(25)23-22-16(24)13-5-3-4-6-14(13)21-15(9-20)12(7-18)8-19/h3-6,11,21H,10H2,1-2H3,(H,22,24)(H,23,25). The van der Waals surface area contributed by atoms with Gasteiger partial charge in [0.1, 0.15) is 23.9 Å². The van der Waals surface area contributed by atoms with Gasteiger partial charge in [0.15, 0.2) is 5.57 Å². The molecule has 9 heteroatoms. The predicted octanol–water partition coefficient (Wildman–Crippen LogP) is 1.95. The van der Waals surface area contributed by atoms with Gasteiger partial charge in [-0.3, -0.25) is 10.2 Å². The molecule has 1 aromatic carbocycles. The summed E-state index contributed by atoms with van der Waals surface area (Å²) in [6.07, 6.45) is -0.814. The van der Waals surface area contributed by atoms with Gasteiger partial charge >= 0.3 is 6.09 Å². The summed E-state index contributed by atoms with van der Waals surface area (Å²) in [4.78, 5) is 23.7. The lowest BCUT2D eigenvalue weighted by Gasteiger charge is -2.12. The van der Waals surface area contributed by atoms with E-state index in [9.17, 15) is 9.59 Å². The Morgan fingerprint density at radius 2 is 1.73 bits per heavy atom. The number of para-hydroxylation sites is 1. The zero-order chi connectivity index (χ0) is 19.5. The first-order chi connectivity index (χ1) is 12.4. The molecule has 0 aliphatic heterocycles. The molecule has 9 nitrogen and oxygen atoms in total. The molecule has 0 aromatic heterocycles. The smallest absolute Gasteiger partial charge is 0.426 e. The van der Waals surface area contributed by atoms with Crippen molar-refractivity contribution in [2.45, 2.75) is 13.8 Å². The molecule has 0 heterocycles. The second-order valence-corrected chi connectivity index (χ2v) is 5.33. The number of nitrogens with one attached hydrogen (secondary N) is 3. The maximum atomic E-state index is 12.2. The van der Waals surface area contributed by atoms with Crippen molar-refractivity contribution in [3.05, 3.63) is 41.1 Å². The molecule has 3 N–H and O–H groups in total. The van der Waals surface area contributed by atoms with E-state index in [0.29, 0.717) is 0 Å². The van der Waals surface area contributed by atoms with Crippen molar-refractivity contribution in [3.8, 4) is 18.2 Å². The molecule has 26 heavy (non-hydrogen) atoms. The van der Waals surface area contributed by atoms with Crippen molar-refractivity contribution in [2.24, 2.45) is 5.92 Å². The number of carbonyl (C=O) groups is 2. The van der Waals surface area contributed by atoms with Crippen LogP contribution in [0.15, 0.2) is 35.5 Å². The van der Waals surface area contributed by atoms with Crippen molar-refractivity contribution in [2.75, 3.05) is 11.9 Å².